The van der Waals surface area contributed by atoms with Crippen LogP contribution in [-0.2, 0) is 4.79 Å². The summed E-state index contributed by atoms with van der Waals surface area (Å²) in [4.78, 5) is 25.0. The predicted octanol–water partition coefficient (Wildman–Crippen LogP) is 0.707. The third-order valence-electron chi connectivity index (χ3n) is 3.25. The van der Waals surface area contributed by atoms with Gasteiger partial charge in [0.05, 0.1) is 18.1 Å². The molecule has 0 saturated carbocycles. The molecule has 2 rings (SSSR count). The van der Waals surface area contributed by atoms with E-state index in [1.165, 1.54) is 30.0 Å². The number of carbonyl (C=O) groups excluding carboxylic acids is 1. The molecule has 0 unspecified atom stereocenters. The van der Waals surface area contributed by atoms with Gasteiger partial charge in [-0.3, -0.25) is 19.8 Å². The first kappa shape index (κ1) is 15.7. The maximum atomic E-state index is 12.2. The number of likely N-dealkylation sites (N-methyl/N-ethyl adjacent to an activating group) is 2. The summed E-state index contributed by atoms with van der Waals surface area (Å²) in [6.45, 7) is 0. The van der Waals surface area contributed by atoms with Crippen molar-refractivity contribution in [3.8, 4) is 11.5 Å². The molecule has 1 heterocycles. The second kappa shape index (κ2) is 5.60. The Kier molecular flexibility index (Phi) is 4.00. The van der Waals surface area contributed by atoms with Gasteiger partial charge in [-0.1, -0.05) is 5.75 Å². The minimum atomic E-state index is -0.638. The van der Waals surface area contributed by atoms with Gasteiger partial charge in [0, 0.05) is 20.2 Å². The van der Waals surface area contributed by atoms with E-state index in [-0.39, 0.29) is 27.8 Å². The lowest BCUT2D eigenvalue weighted by Crippen LogP contribution is -2.26. The number of nitro groups is 1. The first-order valence-corrected chi connectivity index (χ1v) is 6.49. The quantitative estimate of drug-likeness (QED) is 0.350. The third-order valence-corrected chi connectivity index (χ3v) is 3.80. The fraction of sp³-hybridized carbons (Fsp3) is 0.231. The van der Waals surface area contributed by atoms with Crippen LogP contribution in [0.15, 0.2) is 17.8 Å². The molecule has 0 bridgehead atoms. The molecule has 0 radical (unpaired) electrons. The average Bonchev–Trinajstić information content (AvgIpc) is 2.66. The number of carbonyl (C=O) groups is 1. The molecule has 0 N–H and O–H groups in total. The van der Waals surface area contributed by atoms with E-state index in [2.05, 4.69) is 0 Å². The number of benzene rings is 1. The topological polar surface area (TPSA) is 99.0 Å². The summed E-state index contributed by atoms with van der Waals surface area (Å²) in [7, 11) is 4.33. The number of hydrogen-bond acceptors (Lipinski definition) is 6. The molecule has 9 heteroatoms. The van der Waals surface area contributed by atoms with Gasteiger partial charge in [0.25, 0.3) is 11.6 Å². The van der Waals surface area contributed by atoms with Crippen LogP contribution in [0.4, 0.5) is 5.69 Å². The van der Waals surface area contributed by atoms with Gasteiger partial charge in [0.15, 0.2) is 5.11 Å². The second-order valence-corrected chi connectivity index (χ2v) is 4.92. The fourth-order valence-electron chi connectivity index (χ4n) is 2.01. The summed E-state index contributed by atoms with van der Waals surface area (Å²) in [5, 5.41) is 23.4. The SMILES string of the molecule is COc1cc([N+](=O)[O-])cc(/C=C2/C(=O)N(C)C(=S)N2C)c1[O-]. The maximum absolute atomic E-state index is 12.2. The molecular formula is C13H12N3O5S-. The van der Waals surface area contributed by atoms with Gasteiger partial charge >= 0.3 is 0 Å². The number of rotatable bonds is 3. The van der Waals surface area contributed by atoms with E-state index in [9.17, 15) is 20.0 Å². The number of amides is 1. The molecule has 0 spiro atoms. The Morgan fingerprint density at radius 1 is 1.32 bits per heavy atom. The molecule has 1 aliphatic heterocycles. The highest BCUT2D eigenvalue weighted by Crippen LogP contribution is 2.34. The van der Waals surface area contributed by atoms with Crippen LogP contribution in [0.5, 0.6) is 11.5 Å². The van der Waals surface area contributed by atoms with Crippen molar-refractivity contribution in [3.63, 3.8) is 0 Å². The van der Waals surface area contributed by atoms with Gasteiger partial charge < -0.3 is 14.7 Å². The molecule has 0 aromatic heterocycles. The lowest BCUT2D eigenvalue weighted by atomic mass is 10.1. The van der Waals surface area contributed by atoms with Crippen LogP contribution in [0.1, 0.15) is 5.56 Å². The molecular weight excluding hydrogens is 310 g/mol. The second-order valence-electron chi connectivity index (χ2n) is 4.56. The summed E-state index contributed by atoms with van der Waals surface area (Å²) in [5.74, 6) is -1.09. The fourth-order valence-corrected chi connectivity index (χ4v) is 2.19. The van der Waals surface area contributed by atoms with E-state index in [1.54, 1.807) is 7.05 Å². The monoisotopic (exact) mass is 322 g/mol. The van der Waals surface area contributed by atoms with Crippen LogP contribution in [0.3, 0.4) is 0 Å². The predicted molar refractivity (Wildman–Crippen MR) is 80.2 cm³/mol. The van der Waals surface area contributed by atoms with E-state index in [0.717, 1.165) is 12.1 Å². The molecule has 1 fully saturated rings. The highest BCUT2D eigenvalue weighted by Gasteiger charge is 2.32. The molecule has 1 aliphatic rings. The van der Waals surface area contributed by atoms with Crippen molar-refractivity contribution in [2.45, 2.75) is 0 Å². The van der Waals surface area contributed by atoms with E-state index in [4.69, 9.17) is 17.0 Å². The van der Waals surface area contributed by atoms with E-state index in [0.29, 0.717) is 0 Å². The Balaban J connectivity index is 2.60. The number of methoxy groups -OCH3 is 1. The summed E-state index contributed by atoms with van der Waals surface area (Å²) in [6, 6.07) is 2.14. The smallest absolute Gasteiger partial charge is 0.276 e. The molecule has 1 aromatic rings. The van der Waals surface area contributed by atoms with Crippen molar-refractivity contribution in [3.05, 3.63) is 33.5 Å². The lowest BCUT2D eigenvalue weighted by Gasteiger charge is -2.16. The zero-order valence-corrected chi connectivity index (χ0v) is 12.8. The van der Waals surface area contributed by atoms with Crippen LogP contribution < -0.4 is 9.84 Å². The number of nitrogens with zero attached hydrogens (tertiary/aromatic N) is 3. The minimum Gasteiger partial charge on any atom is -0.870 e. The van der Waals surface area contributed by atoms with Gasteiger partial charge in [0.1, 0.15) is 11.4 Å². The number of non-ortho nitro benzene ring substituents is 1. The maximum Gasteiger partial charge on any atom is 0.276 e. The Morgan fingerprint density at radius 2 is 1.95 bits per heavy atom. The largest absolute Gasteiger partial charge is 0.870 e. The average molecular weight is 322 g/mol. The number of thiocarbonyl (C=S) groups is 1. The Labute approximate surface area is 131 Å². The van der Waals surface area contributed by atoms with Crippen molar-refractivity contribution < 1.29 is 19.6 Å². The summed E-state index contributed by atoms with van der Waals surface area (Å²) >= 11 is 5.06. The first-order chi connectivity index (χ1) is 10.3. The lowest BCUT2D eigenvalue weighted by molar-refractivity contribution is -0.385. The summed E-state index contributed by atoms with van der Waals surface area (Å²) in [6.07, 6.45) is 1.27. The summed E-state index contributed by atoms with van der Waals surface area (Å²) in [5.41, 5.74) is -0.154. The minimum absolute atomic E-state index is 0.0145. The highest BCUT2D eigenvalue weighted by atomic mass is 32.1. The molecule has 1 saturated heterocycles. The molecule has 22 heavy (non-hydrogen) atoms. The molecule has 1 aromatic carbocycles. The van der Waals surface area contributed by atoms with Gasteiger partial charge in [-0.25, -0.2) is 0 Å². The Morgan fingerprint density at radius 3 is 2.41 bits per heavy atom. The molecule has 0 aliphatic carbocycles. The standard InChI is InChI=1S/C13H13N3O5S/c1-14-9(12(18)15(2)13(14)22)5-7-4-8(16(19)20)6-10(21-3)11(7)17/h4-6,17H,1-3H3/p-1/b9-5-. The van der Waals surface area contributed by atoms with Crippen LogP contribution in [0.25, 0.3) is 6.08 Å². The third kappa shape index (κ3) is 2.46. The van der Waals surface area contributed by atoms with Crippen molar-refractivity contribution in [2.24, 2.45) is 0 Å². The number of nitro benzene ring substituents is 1. The zero-order chi connectivity index (χ0) is 16.6. The van der Waals surface area contributed by atoms with Crippen LogP contribution in [0.2, 0.25) is 0 Å². The zero-order valence-electron chi connectivity index (χ0n) is 12.0. The van der Waals surface area contributed by atoms with Gasteiger partial charge in [0.2, 0.25) is 0 Å². The first-order valence-electron chi connectivity index (χ1n) is 6.08. The van der Waals surface area contributed by atoms with Gasteiger partial charge in [-0.05, 0) is 23.9 Å². The molecule has 0 atom stereocenters. The Hall–Kier alpha value is -2.68. The van der Waals surface area contributed by atoms with E-state index >= 15 is 0 Å². The molecule has 116 valence electrons. The Bertz CT molecular complexity index is 716. The van der Waals surface area contributed by atoms with E-state index < -0.39 is 16.6 Å². The normalized spacial score (nSPS) is 16.6. The molecule has 1 amide bonds. The van der Waals surface area contributed by atoms with Gasteiger partial charge in [-0.2, -0.15) is 0 Å². The van der Waals surface area contributed by atoms with Crippen LogP contribution >= 0.6 is 12.2 Å². The van der Waals surface area contributed by atoms with Crippen molar-refractivity contribution in [1.82, 2.24) is 9.80 Å². The number of ether oxygens (including phenoxy) is 1. The number of hydrogen-bond donors (Lipinski definition) is 0. The van der Waals surface area contributed by atoms with Crippen LogP contribution in [0, 0.1) is 10.1 Å². The van der Waals surface area contributed by atoms with Crippen LogP contribution in [-0.4, -0.2) is 46.9 Å². The summed E-state index contributed by atoms with van der Waals surface area (Å²) < 4.78 is 4.86. The van der Waals surface area contributed by atoms with Crippen molar-refractivity contribution in [1.29, 1.82) is 0 Å². The van der Waals surface area contributed by atoms with Crippen molar-refractivity contribution in [2.75, 3.05) is 21.2 Å². The van der Waals surface area contributed by atoms with Crippen molar-refractivity contribution >= 4 is 35.0 Å². The van der Waals surface area contributed by atoms with E-state index in [1.807, 2.05) is 0 Å². The highest BCUT2D eigenvalue weighted by molar-refractivity contribution is 7.80. The molecule has 8 nitrogen and oxygen atoms in total. The van der Waals surface area contributed by atoms with Gasteiger partial charge in [-0.15, -0.1) is 0 Å².